The highest BCUT2D eigenvalue weighted by Crippen LogP contribution is 2.15. The Kier molecular flexibility index (Phi) is 5.15. The van der Waals surface area contributed by atoms with Crippen molar-refractivity contribution in [1.29, 1.82) is 0 Å². The second-order valence-corrected chi connectivity index (χ2v) is 3.72. The van der Waals surface area contributed by atoms with Crippen LogP contribution < -0.4 is 0 Å². The van der Waals surface area contributed by atoms with Gasteiger partial charge >= 0.3 is 0 Å². The number of amides is 1. The van der Waals surface area contributed by atoms with Gasteiger partial charge < -0.3 is 10.0 Å². The molecule has 1 amide bonds. The summed E-state index contributed by atoms with van der Waals surface area (Å²) in [5.74, 6) is -4.97. The zero-order valence-electron chi connectivity index (χ0n) is 9.92. The lowest BCUT2D eigenvalue weighted by Gasteiger charge is -2.20. The molecule has 0 heterocycles. The summed E-state index contributed by atoms with van der Waals surface area (Å²) in [6.45, 7) is 2.22. The molecule has 3 nitrogen and oxygen atoms in total. The molecule has 0 aliphatic heterocycles. The van der Waals surface area contributed by atoms with Crippen LogP contribution in [0.3, 0.4) is 0 Å². The SMILES string of the molecule is CCN(CCCO)C(=O)c1cc(F)c(F)c(F)c1. The fourth-order valence-electron chi connectivity index (χ4n) is 1.53. The minimum atomic E-state index is -1.59. The van der Waals surface area contributed by atoms with Crippen molar-refractivity contribution in [2.75, 3.05) is 19.7 Å². The van der Waals surface area contributed by atoms with Crippen molar-refractivity contribution in [2.24, 2.45) is 0 Å². The van der Waals surface area contributed by atoms with E-state index in [0.29, 0.717) is 25.1 Å². The van der Waals surface area contributed by atoms with E-state index in [9.17, 15) is 18.0 Å². The maximum Gasteiger partial charge on any atom is 0.254 e. The van der Waals surface area contributed by atoms with E-state index in [-0.39, 0.29) is 18.7 Å². The topological polar surface area (TPSA) is 40.5 Å². The summed E-state index contributed by atoms with van der Waals surface area (Å²) >= 11 is 0. The van der Waals surface area contributed by atoms with Crippen LogP contribution >= 0.6 is 0 Å². The van der Waals surface area contributed by atoms with Crippen molar-refractivity contribution < 1.29 is 23.1 Å². The summed E-state index contributed by atoms with van der Waals surface area (Å²) in [6, 6.07) is 1.34. The Morgan fingerprint density at radius 3 is 2.28 bits per heavy atom. The second-order valence-electron chi connectivity index (χ2n) is 3.72. The molecule has 1 N–H and O–H groups in total. The fourth-order valence-corrected chi connectivity index (χ4v) is 1.53. The summed E-state index contributed by atoms with van der Waals surface area (Å²) in [4.78, 5) is 13.2. The normalized spacial score (nSPS) is 10.5. The minimum Gasteiger partial charge on any atom is -0.396 e. The molecule has 0 spiro atoms. The average Bonchev–Trinajstić information content (AvgIpc) is 2.36. The van der Waals surface area contributed by atoms with Crippen LogP contribution in [0.25, 0.3) is 0 Å². The number of rotatable bonds is 5. The summed E-state index contributed by atoms with van der Waals surface area (Å²) < 4.78 is 38.7. The molecule has 0 radical (unpaired) electrons. The lowest BCUT2D eigenvalue weighted by molar-refractivity contribution is 0.0753. The van der Waals surface area contributed by atoms with Crippen LogP contribution in [0.2, 0.25) is 0 Å². The molecule has 0 unspecified atom stereocenters. The number of carbonyl (C=O) groups is 1. The van der Waals surface area contributed by atoms with Crippen LogP contribution in [-0.2, 0) is 0 Å². The van der Waals surface area contributed by atoms with Gasteiger partial charge in [-0.3, -0.25) is 4.79 Å². The summed E-state index contributed by atoms with van der Waals surface area (Å²) in [7, 11) is 0. The third-order valence-electron chi connectivity index (χ3n) is 2.49. The van der Waals surface area contributed by atoms with E-state index in [1.54, 1.807) is 6.92 Å². The first kappa shape index (κ1) is 14.5. The Morgan fingerprint density at radius 1 is 1.28 bits per heavy atom. The van der Waals surface area contributed by atoms with Gasteiger partial charge in [-0.25, -0.2) is 13.2 Å². The fraction of sp³-hybridized carbons (Fsp3) is 0.417. The van der Waals surface area contributed by atoms with Crippen LogP contribution in [0.1, 0.15) is 23.7 Å². The number of hydrogen-bond acceptors (Lipinski definition) is 2. The lowest BCUT2D eigenvalue weighted by atomic mass is 10.1. The molecule has 0 bridgehead atoms. The highest BCUT2D eigenvalue weighted by atomic mass is 19.2. The highest BCUT2D eigenvalue weighted by molar-refractivity contribution is 5.94. The van der Waals surface area contributed by atoms with E-state index >= 15 is 0 Å². The highest BCUT2D eigenvalue weighted by Gasteiger charge is 2.18. The number of halogens is 3. The molecular weight excluding hydrogens is 247 g/mol. The molecule has 100 valence electrons. The van der Waals surface area contributed by atoms with Crippen molar-refractivity contribution >= 4 is 5.91 Å². The van der Waals surface area contributed by atoms with Gasteiger partial charge in [-0.2, -0.15) is 0 Å². The third-order valence-corrected chi connectivity index (χ3v) is 2.49. The van der Waals surface area contributed by atoms with E-state index in [2.05, 4.69) is 0 Å². The molecule has 6 heteroatoms. The van der Waals surface area contributed by atoms with E-state index in [4.69, 9.17) is 5.11 Å². The van der Waals surface area contributed by atoms with Gasteiger partial charge in [-0.05, 0) is 25.5 Å². The number of nitrogens with zero attached hydrogens (tertiary/aromatic N) is 1. The van der Waals surface area contributed by atoms with Crippen molar-refractivity contribution in [3.8, 4) is 0 Å². The van der Waals surface area contributed by atoms with Gasteiger partial charge in [0.25, 0.3) is 5.91 Å². The number of aliphatic hydroxyl groups excluding tert-OH is 1. The Bertz CT molecular complexity index is 414. The van der Waals surface area contributed by atoms with Gasteiger partial charge in [-0.15, -0.1) is 0 Å². The molecule has 0 aromatic heterocycles. The van der Waals surface area contributed by atoms with E-state index in [1.165, 1.54) is 4.90 Å². The first-order chi connectivity index (χ1) is 8.51. The maximum absolute atomic E-state index is 13.0. The standard InChI is InChI=1S/C12H14F3NO2/c1-2-16(4-3-5-17)12(18)8-6-9(13)11(15)10(14)7-8/h6-7,17H,2-5H2,1H3. The average molecular weight is 261 g/mol. The number of benzene rings is 1. The Morgan fingerprint density at radius 2 is 1.83 bits per heavy atom. The Balaban J connectivity index is 2.95. The van der Waals surface area contributed by atoms with Crippen molar-refractivity contribution in [2.45, 2.75) is 13.3 Å². The van der Waals surface area contributed by atoms with Crippen LogP contribution in [0.15, 0.2) is 12.1 Å². The summed E-state index contributed by atoms with van der Waals surface area (Å²) in [6.07, 6.45) is 0.367. The van der Waals surface area contributed by atoms with Gasteiger partial charge in [0.05, 0.1) is 0 Å². The molecule has 0 saturated heterocycles. The van der Waals surface area contributed by atoms with Crippen LogP contribution in [0.5, 0.6) is 0 Å². The summed E-state index contributed by atoms with van der Waals surface area (Å²) in [5.41, 5.74) is -0.244. The molecule has 1 aromatic rings. The molecule has 18 heavy (non-hydrogen) atoms. The van der Waals surface area contributed by atoms with Crippen molar-refractivity contribution in [3.63, 3.8) is 0 Å². The van der Waals surface area contributed by atoms with Gasteiger partial charge in [0.2, 0.25) is 0 Å². The largest absolute Gasteiger partial charge is 0.396 e. The van der Waals surface area contributed by atoms with Crippen LogP contribution in [0.4, 0.5) is 13.2 Å². The number of carbonyl (C=O) groups excluding carboxylic acids is 1. The third kappa shape index (κ3) is 3.22. The quantitative estimate of drug-likeness (QED) is 0.823. The van der Waals surface area contributed by atoms with Gasteiger partial charge in [0.1, 0.15) is 0 Å². The number of aliphatic hydroxyl groups is 1. The zero-order chi connectivity index (χ0) is 13.7. The molecule has 1 aromatic carbocycles. The van der Waals surface area contributed by atoms with Gasteiger partial charge in [-0.1, -0.05) is 0 Å². The van der Waals surface area contributed by atoms with Crippen molar-refractivity contribution in [1.82, 2.24) is 4.90 Å². The second kappa shape index (κ2) is 6.39. The zero-order valence-corrected chi connectivity index (χ0v) is 9.92. The van der Waals surface area contributed by atoms with E-state index < -0.39 is 23.4 Å². The summed E-state index contributed by atoms with van der Waals surface area (Å²) in [5, 5.41) is 8.68. The lowest BCUT2D eigenvalue weighted by Crippen LogP contribution is -2.32. The Hall–Kier alpha value is -1.56. The van der Waals surface area contributed by atoms with Gasteiger partial charge in [0, 0.05) is 25.3 Å². The molecule has 1 rings (SSSR count). The molecule has 0 atom stereocenters. The predicted octanol–water partition coefficient (Wildman–Crippen LogP) is 1.95. The minimum absolute atomic E-state index is 0.0874. The first-order valence-electron chi connectivity index (χ1n) is 5.56. The van der Waals surface area contributed by atoms with Crippen LogP contribution in [0, 0.1) is 17.5 Å². The Labute approximate surface area is 103 Å². The number of hydrogen-bond donors (Lipinski definition) is 1. The van der Waals surface area contributed by atoms with Crippen molar-refractivity contribution in [3.05, 3.63) is 35.1 Å². The van der Waals surface area contributed by atoms with E-state index in [0.717, 1.165) is 0 Å². The first-order valence-corrected chi connectivity index (χ1v) is 5.56. The predicted molar refractivity (Wildman–Crippen MR) is 59.6 cm³/mol. The smallest absolute Gasteiger partial charge is 0.254 e. The molecule has 0 fully saturated rings. The molecule has 0 saturated carbocycles. The maximum atomic E-state index is 13.0. The van der Waals surface area contributed by atoms with Gasteiger partial charge in [0.15, 0.2) is 17.5 Å². The molecule has 0 aliphatic carbocycles. The molecular formula is C12H14F3NO2. The van der Waals surface area contributed by atoms with E-state index in [1.807, 2.05) is 0 Å². The molecule has 0 aliphatic rings. The van der Waals surface area contributed by atoms with Crippen LogP contribution in [-0.4, -0.2) is 35.6 Å². The monoisotopic (exact) mass is 261 g/mol.